The fraction of sp³-hybridized carbons (Fsp3) is 0.290. The van der Waals surface area contributed by atoms with E-state index < -0.39 is 0 Å². The second kappa shape index (κ2) is 14.2. The molecule has 2 aromatic carbocycles. The Bertz CT molecular complexity index is 1590. The maximum atomic E-state index is 12.7. The highest BCUT2D eigenvalue weighted by molar-refractivity contribution is 7.07. The van der Waals surface area contributed by atoms with Crippen LogP contribution in [0.15, 0.2) is 65.6 Å². The maximum Gasteiger partial charge on any atom is 0.277 e. The lowest BCUT2D eigenvalue weighted by Gasteiger charge is -2.31. The Morgan fingerprint density at radius 3 is 2.58 bits per heavy atom. The van der Waals surface area contributed by atoms with Crippen molar-refractivity contribution in [1.29, 1.82) is 0 Å². The van der Waals surface area contributed by atoms with Gasteiger partial charge in [0.25, 0.3) is 5.56 Å². The third-order valence-electron chi connectivity index (χ3n) is 6.66. The molecule has 0 saturated carbocycles. The van der Waals surface area contributed by atoms with E-state index in [1.54, 1.807) is 6.20 Å². The summed E-state index contributed by atoms with van der Waals surface area (Å²) in [6.45, 7) is 4.52. The van der Waals surface area contributed by atoms with Gasteiger partial charge in [0.1, 0.15) is 9.20 Å². The molecule has 0 bridgehead atoms. The second-order valence-electron chi connectivity index (χ2n) is 9.41. The van der Waals surface area contributed by atoms with Gasteiger partial charge in [0.2, 0.25) is 11.8 Å². The van der Waals surface area contributed by atoms with Crippen LogP contribution in [0, 0.1) is 12.3 Å². The van der Waals surface area contributed by atoms with Gasteiger partial charge in [-0.1, -0.05) is 48.0 Å². The lowest BCUT2D eigenvalue weighted by Crippen LogP contribution is -2.38. The first-order valence-electron chi connectivity index (χ1n) is 13.3. The highest BCUT2D eigenvalue weighted by atomic mass is 32.1. The number of carbonyl (C=O) groups excluding carboxylic acids is 2. The van der Waals surface area contributed by atoms with Gasteiger partial charge in [-0.25, -0.2) is 0 Å². The molecule has 9 heteroatoms. The maximum absolute atomic E-state index is 12.7. The average molecular weight is 556 g/mol. The molecule has 8 nitrogen and oxygen atoms in total. The van der Waals surface area contributed by atoms with E-state index in [9.17, 15) is 14.4 Å². The molecule has 1 aliphatic heterocycles. The quantitative estimate of drug-likeness (QED) is 0.352. The zero-order valence-corrected chi connectivity index (χ0v) is 23.3. The summed E-state index contributed by atoms with van der Waals surface area (Å²) in [6, 6.07) is 17.9. The molecule has 1 saturated heterocycles. The molecule has 40 heavy (non-hydrogen) atoms. The number of piperidine rings is 1. The van der Waals surface area contributed by atoms with Gasteiger partial charge >= 0.3 is 0 Å². The van der Waals surface area contributed by atoms with Crippen molar-refractivity contribution >= 4 is 46.3 Å². The van der Waals surface area contributed by atoms with Gasteiger partial charge in [0, 0.05) is 30.2 Å². The molecule has 1 aromatic heterocycles. The molecule has 0 atom stereocenters. The topological polar surface area (TPSA) is 95.5 Å². The van der Waals surface area contributed by atoms with E-state index in [0.717, 1.165) is 31.6 Å². The van der Waals surface area contributed by atoms with E-state index in [1.165, 1.54) is 27.5 Å². The van der Waals surface area contributed by atoms with Crippen LogP contribution in [-0.4, -0.2) is 47.5 Å². The summed E-state index contributed by atoms with van der Waals surface area (Å²) in [7, 11) is 0. The monoisotopic (exact) mass is 555 g/mol. The molecule has 0 spiro atoms. The molecule has 3 aromatic rings. The predicted octanol–water partition coefficient (Wildman–Crippen LogP) is 2.28. The normalized spacial score (nSPS) is 14.2. The van der Waals surface area contributed by atoms with Gasteiger partial charge in [0.05, 0.1) is 13.1 Å². The van der Waals surface area contributed by atoms with Crippen LogP contribution in [0.3, 0.4) is 0 Å². The highest BCUT2D eigenvalue weighted by Crippen LogP contribution is 2.27. The van der Waals surface area contributed by atoms with Crippen LogP contribution in [0.1, 0.15) is 31.2 Å². The summed E-state index contributed by atoms with van der Waals surface area (Å²) in [5, 5.41) is 8.64. The number of benzene rings is 2. The van der Waals surface area contributed by atoms with Crippen molar-refractivity contribution in [2.45, 2.75) is 32.2 Å². The number of rotatable bonds is 9. The van der Waals surface area contributed by atoms with Crippen LogP contribution in [0.25, 0.3) is 11.8 Å². The van der Waals surface area contributed by atoms with E-state index in [4.69, 9.17) is 6.42 Å². The number of aromatic nitrogens is 1. The van der Waals surface area contributed by atoms with Crippen LogP contribution in [-0.2, 0) is 16.1 Å². The Labute approximate surface area is 237 Å². The molecular weight excluding hydrogens is 522 g/mol. The Morgan fingerprint density at radius 2 is 1.85 bits per heavy atom. The van der Waals surface area contributed by atoms with Crippen LogP contribution in [0.5, 0.6) is 0 Å². The first kappa shape index (κ1) is 28.7. The Hall–Kier alpha value is -4.35. The molecule has 206 valence electrons. The molecule has 1 aliphatic rings. The van der Waals surface area contributed by atoms with Gasteiger partial charge in [-0.15, -0.1) is 17.8 Å². The Morgan fingerprint density at radius 1 is 1.10 bits per heavy atom. The molecule has 1 fully saturated rings. The van der Waals surface area contributed by atoms with Crippen molar-refractivity contribution < 1.29 is 9.59 Å². The largest absolute Gasteiger partial charge is 0.355 e. The molecule has 0 aliphatic carbocycles. The predicted molar refractivity (Wildman–Crippen MR) is 161 cm³/mol. The molecule has 2 amide bonds. The summed E-state index contributed by atoms with van der Waals surface area (Å²) in [5.74, 6) is 2.49. The van der Waals surface area contributed by atoms with Crippen molar-refractivity contribution in [3.05, 3.63) is 85.9 Å². The Kier molecular flexibility index (Phi) is 10.1. The smallest absolute Gasteiger partial charge is 0.277 e. The molecule has 0 unspecified atom stereocenters. The standard InChI is InChI=1S/C31H33N5O3S/c1-3-16-33-28(37)21-30-36(4-2)31(39)27(40-30)13-17-32-25-11-8-12-26(20-25)34-29(38)22-35-18-14-24(15-19-35)23-9-6-5-7-10-23/h1,5-12,17,20-21,24,32H,4,14-16,18-19,22H2,2H3,(H,33,37)(H,34,38)/b30-21-. The number of nitrogens with zero attached hydrogens (tertiary/aromatic N) is 2. The first-order valence-corrected chi connectivity index (χ1v) is 14.1. The summed E-state index contributed by atoms with van der Waals surface area (Å²) in [5.41, 5.74) is 5.54. The number of likely N-dealkylation sites (tertiary alicyclic amines) is 1. The minimum atomic E-state index is -0.356. The van der Waals surface area contributed by atoms with Crippen molar-refractivity contribution in [1.82, 2.24) is 14.8 Å². The van der Waals surface area contributed by atoms with Crippen molar-refractivity contribution in [2.24, 2.45) is 0 Å². The van der Waals surface area contributed by atoms with E-state index in [0.29, 0.717) is 33.9 Å². The number of thiazole rings is 1. The Balaban J connectivity index is 1.35. The molecule has 0 radical (unpaired) electrons. The van der Waals surface area contributed by atoms with Crippen molar-refractivity contribution in [3.8, 4) is 12.3 Å². The number of anilines is 2. The van der Waals surface area contributed by atoms with E-state index in [2.05, 4.69) is 56.8 Å². The number of amides is 2. The van der Waals surface area contributed by atoms with Gasteiger partial charge in [-0.2, -0.15) is 0 Å². The summed E-state index contributed by atoms with van der Waals surface area (Å²) >= 11 is 1.17. The average Bonchev–Trinajstić information content (AvgIpc) is 3.26. The fourth-order valence-corrected chi connectivity index (χ4v) is 5.66. The highest BCUT2D eigenvalue weighted by Gasteiger charge is 2.21. The van der Waals surface area contributed by atoms with Crippen molar-refractivity contribution in [2.75, 3.05) is 36.8 Å². The van der Waals surface area contributed by atoms with E-state index in [1.807, 2.05) is 37.3 Å². The third-order valence-corrected chi connectivity index (χ3v) is 7.71. The van der Waals surface area contributed by atoms with Gasteiger partial charge in [-0.3, -0.25) is 23.9 Å². The van der Waals surface area contributed by atoms with Gasteiger partial charge < -0.3 is 16.0 Å². The molecular formula is C31H33N5O3S. The first-order chi connectivity index (χ1) is 19.5. The van der Waals surface area contributed by atoms with E-state index >= 15 is 0 Å². The summed E-state index contributed by atoms with van der Waals surface area (Å²) in [6.07, 6.45) is 10.2. The molecule has 3 N–H and O–H groups in total. The summed E-state index contributed by atoms with van der Waals surface area (Å²) in [4.78, 5) is 39.6. The number of nitrogens with one attached hydrogen (secondary N) is 3. The fourth-order valence-electron chi connectivity index (χ4n) is 4.65. The lowest BCUT2D eigenvalue weighted by atomic mass is 9.89. The number of carbonyl (C=O) groups is 2. The second-order valence-corrected chi connectivity index (χ2v) is 10.4. The number of hydrogen-bond acceptors (Lipinski definition) is 6. The van der Waals surface area contributed by atoms with Crippen LogP contribution in [0.2, 0.25) is 0 Å². The minimum Gasteiger partial charge on any atom is -0.355 e. The zero-order chi connectivity index (χ0) is 28.3. The van der Waals surface area contributed by atoms with Crippen LogP contribution < -0.4 is 30.7 Å². The number of hydrogen-bond donors (Lipinski definition) is 3. The third kappa shape index (κ3) is 7.84. The lowest BCUT2D eigenvalue weighted by molar-refractivity contribution is -0.117. The van der Waals surface area contributed by atoms with Crippen LogP contribution >= 0.6 is 11.3 Å². The molecule has 2 heterocycles. The van der Waals surface area contributed by atoms with Gasteiger partial charge in [-0.05, 0) is 62.5 Å². The van der Waals surface area contributed by atoms with Gasteiger partial charge in [0.15, 0.2) is 0 Å². The SMILES string of the molecule is C#CCNC(=O)/C=c1\sc(=C=CNc2cccc(NC(=O)CN3CCC(c4ccccc4)CC3)c2)c(=O)n1CC. The molecule has 4 rings (SSSR count). The number of terminal acetylenes is 1. The van der Waals surface area contributed by atoms with Crippen LogP contribution in [0.4, 0.5) is 11.4 Å². The minimum absolute atomic E-state index is 0.0498. The van der Waals surface area contributed by atoms with E-state index in [-0.39, 0.29) is 23.9 Å². The zero-order valence-electron chi connectivity index (χ0n) is 22.5. The summed E-state index contributed by atoms with van der Waals surface area (Å²) < 4.78 is 2.40. The van der Waals surface area contributed by atoms with Crippen molar-refractivity contribution in [3.63, 3.8) is 0 Å².